The molecule has 1 fully saturated rings. The van der Waals surface area contributed by atoms with Gasteiger partial charge in [-0.2, -0.15) is 0 Å². The molecule has 2 heterocycles. The van der Waals surface area contributed by atoms with Crippen molar-refractivity contribution in [2.24, 2.45) is 0 Å². The van der Waals surface area contributed by atoms with Crippen LogP contribution in [0.3, 0.4) is 0 Å². The SMILES string of the molecule is CC(c1nc2ccccc2n1CCOc1ccccc1)N1CCCCCC1. The second-order valence-corrected chi connectivity index (χ2v) is 7.40. The molecule has 0 saturated carbocycles. The van der Waals surface area contributed by atoms with E-state index in [-0.39, 0.29) is 0 Å². The van der Waals surface area contributed by atoms with Crippen molar-refractivity contribution in [3.8, 4) is 5.75 Å². The number of benzene rings is 2. The summed E-state index contributed by atoms with van der Waals surface area (Å²) in [7, 11) is 0. The number of hydrogen-bond donors (Lipinski definition) is 0. The van der Waals surface area contributed by atoms with Crippen molar-refractivity contribution in [1.82, 2.24) is 14.5 Å². The van der Waals surface area contributed by atoms with Crippen molar-refractivity contribution >= 4 is 11.0 Å². The van der Waals surface area contributed by atoms with Crippen LogP contribution in [-0.2, 0) is 6.54 Å². The number of nitrogens with zero attached hydrogens (tertiary/aromatic N) is 3. The molecule has 4 rings (SSSR count). The van der Waals surface area contributed by atoms with Crippen LogP contribution in [0.4, 0.5) is 0 Å². The van der Waals surface area contributed by atoms with Crippen molar-refractivity contribution in [3.63, 3.8) is 0 Å². The predicted molar refractivity (Wildman–Crippen MR) is 110 cm³/mol. The Morgan fingerprint density at radius 2 is 1.63 bits per heavy atom. The minimum Gasteiger partial charge on any atom is -0.492 e. The average molecular weight is 364 g/mol. The molecule has 1 aliphatic heterocycles. The van der Waals surface area contributed by atoms with Crippen molar-refractivity contribution in [1.29, 1.82) is 0 Å². The Balaban J connectivity index is 1.56. The molecule has 0 aliphatic carbocycles. The highest BCUT2D eigenvalue weighted by molar-refractivity contribution is 5.76. The first-order valence-corrected chi connectivity index (χ1v) is 10.2. The number of fused-ring (bicyclic) bond motifs is 1. The van der Waals surface area contributed by atoms with Gasteiger partial charge in [0.25, 0.3) is 0 Å². The van der Waals surface area contributed by atoms with Crippen LogP contribution in [0, 0.1) is 0 Å². The van der Waals surface area contributed by atoms with E-state index in [2.05, 4.69) is 40.7 Å². The number of imidazole rings is 1. The van der Waals surface area contributed by atoms with Crippen LogP contribution in [0.25, 0.3) is 11.0 Å². The largest absolute Gasteiger partial charge is 0.492 e. The lowest BCUT2D eigenvalue weighted by atomic mass is 10.2. The molecule has 1 aromatic heterocycles. The number of ether oxygens (including phenoxy) is 1. The summed E-state index contributed by atoms with van der Waals surface area (Å²) in [5.41, 5.74) is 2.28. The molecule has 1 atom stereocenters. The molecule has 0 N–H and O–H groups in total. The van der Waals surface area contributed by atoms with Crippen LogP contribution >= 0.6 is 0 Å². The third-order valence-corrected chi connectivity index (χ3v) is 5.57. The molecule has 2 aromatic carbocycles. The summed E-state index contributed by atoms with van der Waals surface area (Å²) in [6, 6.07) is 18.8. The van der Waals surface area contributed by atoms with E-state index in [1.807, 2.05) is 30.3 Å². The number of aromatic nitrogens is 2. The molecular formula is C23H29N3O. The first kappa shape index (κ1) is 18.1. The maximum atomic E-state index is 5.97. The van der Waals surface area contributed by atoms with E-state index >= 15 is 0 Å². The maximum Gasteiger partial charge on any atom is 0.127 e. The van der Waals surface area contributed by atoms with Crippen molar-refractivity contribution in [2.75, 3.05) is 19.7 Å². The van der Waals surface area contributed by atoms with Gasteiger partial charge in [-0.25, -0.2) is 4.98 Å². The van der Waals surface area contributed by atoms with Gasteiger partial charge < -0.3 is 9.30 Å². The van der Waals surface area contributed by atoms with Gasteiger partial charge in [0.05, 0.1) is 23.6 Å². The van der Waals surface area contributed by atoms with Gasteiger partial charge in [-0.3, -0.25) is 4.90 Å². The molecule has 3 aromatic rings. The third-order valence-electron chi connectivity index (χ3n) is 5.57. The molecule has 4 nitrogen and oxygen atoms in total. The Morgan fingerprint density at radius 3 is 2.41 bits per heavy atom. The van der Waals surface area contributed by atoms with Crippen LogP contribution in [0.2, 0.25) is 0 Å². The summed E-state index contributed by atoms with van der Waals surface area (Å²) >= 11 is 0. The first-order valence-electron chi connectivity index (χ1n) is 10.2. The van der Waals surface area contributed by atoms with Crippen LogP contribution in [0.1, 0.15) is 44.5 Å². The second kappa shape index (κ2) is 8.57. The van der Waals surface area contributed by atoms with Crippen LogP contribution in [0.5, 0.6) is 5.75 Å². The highest BCUT2D eigenvalue weighted by atomic mass is 16.5. The zero-order chi connectivity index (χ0) is 18.5. The Bertz CT molecular complexity index is 850. The first-order chi connectivity index (χ1) is 13.3. The molecule has 27 heavy (non-hydrogen) atoms. The molecule has 4 heteroatoms. The summed E-state index contributed by atoms with van der Waals surface area (Å²) in [5.74, 6) is 2.08. The molecule has 0 radical (unpaired) electrons. The van der Waals surface area contributed by atoms with Crippen LogP contribution < -0.4 is 4.74 Å². The number of para-hydroxylation sites is 3. The minimum absolute atomic E-state index is 0.326. The summed E-state index contributed by atoms with van der Waals surface area (Å²) in [4.78, 5) is 7.61. The fourth-order valence-electron chi connectivity index (χ4n) is 4.07. The standard InChI is InChI=1S/C23H29N3O/c1-19(25-15-9-2-3-10-16-25)23-24-21-13-7-8-14-22(21)26(23)17-18-27-20-11-5-4-6-12-20/h4-8,11-14,19H,2-3,9-10,15-18H2,1H3. The smallest absolute Gasteiger partial charge is 0.127 e. The van der Waals surface area contributed by atoms with E-state index in [9.17, 15) is 0 Å². The van der Waals surface area contributed by atoms with E-state index < -0.39 is 0 Å². The predicted octanol–water partition coefficient (Wildman–Crippen LogP) is 5.05. The van der Waals surface area contributed by atoms with Crippen LogP contribution in [-0.4, -0.2) is 34.1 Å². The second-order valence-electron chi connectivity index (χ2n) is 7.40. The maximum absolute atomic E-state index is 5.97. The van der Waals surface area contributed by atoms with E-state index in [1.54, 1.807) is 0 Å². The van der Waals surface area contributed by atoms with Crippen molar-refractivity contribution in [2.45, 2.75) is 45.2 Å². The molecule has 1 aliphatic rings. The van der Waals surface area contributed by atoms with Crippen molar-refractivity contribution in [3.05, 3.63) is 60.4 Å². The van der Waals surface area contributed by atoms with E-state index in [0.29, 0.717) is 12.6 Å². The highest BCUT2D eigenvalue weighted by Gasteiger charge is 2.23. The monoisotopic (exact) mass is 363 g/mol. The zero-order valence-electron chi connectivity index (χ0n) is 16.2. The molecule has 142 valence electrons. The Kier molecular flexibility index (Phi) is 5.73. The Labute approximate surface area is 161 Å². The molecule has 0 amide bonds. The van der Waals surface area contributed by atoms with E-state index in [1.165, 1.54) is 44.3 Å². The van der Waals surface area contributed by atoms with Crippen LogP contribution in [0.15, 0.2) is 54.6 Å². The number of rotatable bonds is 6. The molecular weight excluding hydrogens is 334 g/mol. The normalized spacial score (nSPS) is 16.9. The van der Waals surface area contributed by atoms with E-state index in [4.69, 9.17) is 9.72 Å². The topological polar surface area (TPSA) is 30.3 Å². The summed E-state index contributed by atoms with van der Waals surface area (Å²) in [5, 5.41) is 0. The van der Waals surface area contributed by atoms with Crippen molar-refractivity contribution < 1.29 is 4.74 Å². The summed E-state index contributed by atoms with van der Waals surface area (Å²) < 4.78 is 8.32. The minimum atomic E-state index is 0.326. The average Bonchev–Trinajstić information content (AvgIpc) is 2.88. The number of likely N-dealkylation sites (tertiary alicyclic amines) is 1. The highest BCUT2D eigenvalue weighted by Crippen LogP contribution is 2.27. The fraction of sp³-hybridized carbons (Fsp3) is 0.435. The van der Waals surface area contributed by atoms with Gasteiger partial charge in [-0.05, 0) is 57.1 Å². The third kappa shape index (κ3) is 4.16. The van der Waals surface area contributed by atoms with Gasteiger partial charge in [-0.1, -0.05) is 43.2 Å². The van der Waals surface area contributed by atoms with Gasteiger partial charge in [0.2, 0.25) is 0 Å². The quantitative estimate of drug-likeness (QED) is 0.614. The van der Waals surface area contributed by atoms with Gasteiger partial charge in [-0.15, -0.1) is 0 Å². The summed E-state index contributed by atoms with van der Waals surface area (Å²) in [6.07, 6.45) is 5.29. The zero-order valence-corrected chi connectivity index (χ0v) is 16.2. The molecule has 1 unspecified atom stereocenters. The Hall–Kier alpha value is -2.33. The van der Waals surface area contributed by atoms with Gasteiger partial charge in [0, 0.05) is 0 Å². The lowest BCUT2D eigenvalue weighted by Crippen LogP contribution is -2.30. The fourth-order valence-corrected chi connectivity index (χ4v) is 4.07. The Morgan fingerprint density at radius 1 is 0.926 bits per heavy atom. The van der Waals surface area contributed by atoms with Gasteiger partial charge >= 0.3 is 0 Å². The molecule has 1 saturated heterocycles. The van der Waals surface area contributed by atoms with E-state index in [0.717, 1.165) is 23.6 Å². The molecule has 0 spiro atoms. The lowest BCUT2D eigenvalue weighted by Gasteiger charge is -2.27. The summed E-state index contributed by atoms with van der Waals surface area (Å²) in [6.45, 7) is 6.10. The molecule has 0 bridgehead atoms. The lowest BCUT2D eigenvalue weighted by molar-refractivity contribution is 0.204. The van der Waals surface area contributed by atoms with Gasteiger partial charge in [0.1, 0.15) is 18.2 Å². The van der Waals surface area contributed by atoms with Gasteiger partial charge in [0.15, 0.2) is 0 Å². The number of hydrogen-bond acceptors (Lipinski definition) is 3.